The third-order valence-electron chi connectivity index (χ3n) is 5.05. The van der Waals surface area contributed by atoms with Crippen LogP contribution in [0.2, 0.25) is 0 Å². The zero-order chi connectivity index (χ0) is 16.5. The van der Waals surface area contributed by atoms with Crippen molar-refractivity contribution in [3.05, 3.63) is 65.7 Å². The van der Waals surface area contributed by atoms with Crippen molar-refractivity contribution in [1.29, 1.82) is 0 Å². The molecule has 2 heterocycles. The predicted molar refractivity (Wildman–Crippen MR) is 94.1 cm³/mol. The van der Waals surface area contributed by atoms with Crippen LogP contribution in [0.1, 0.15) is 18.1 Å². The van der Waals surface area contributed by atoms with Crippen molar-refractivity contribution in [2.24, 2.45) is 0 Å². The van der Waals surface area contributed by atoms with E-state index in [4.69, 9.17) is 4.74 Å². The van der Waals surface area contributed by atoms with Gasteiger partial charge in [-0.15, -0.1) is 0 Å². The Morgan fingerprint density at radius 1 is 1.08 bits per heavy atom. The average Bonchev–Trinajstić information content (AvgIpc) is 3.12. The van der Waals surface area contributed by atoms with Crippen molar-refractivity contribution >= 4 is 11.8 Å². The molecule has 2 unspecified atom stereocenters. The third-order valence-corrected chi connectivity index (χ3v) is 5.05. The fourth-order valence-electron chi connectivity index (χ4n) is 3.73. The zero-order valence-corrected chi connectivity index (χ0v) is 13.9. The number of carbonyl (C=O) groups excluding carboxylic acids is 1. The molecule has 0 bridgehead atoms. The SMILES string of the molecule is CC1OC(=O)N(Cc2ccccc2)C1CN1CCc2ccccc21. The summed E-state index contributed by atoms with van der Waals surface area (Å²) in [5.41, 5.74) is 3.82. The molecular formula is C20H22N2O2. The van der Waals surface area contributed by atoms with Crippen molar-refractivity contribution in [3.8, 4) is 0 Å². The van der Waals surface area contributed by atoms with Gasteiger partial charge >= 0.3 is 6.09 Å². The summed E-state index contributed by atoms with van der Waals surface area (Å²) >= 11 is 0. The molecule has 1 saturated heterocycles. The molecule has 2 aliphatic rings. The Morgan fingerprint density at radius 3 is 2.67 bits per heavy atom. The van der Waals surface area contributed by atoms with Gasteiger partial charge in [-0.3, -0.25) is 4.90 Å². The molecule has 2 atom stereocenters. The number of ether oxygens (including phenoxy) is 1. The first-order chi connectivity index (χ1) is 11.7. The summed E-state index contributed by atoms with van der Waals surface area (Å²) < 4.78 is 5.52. The minimum Gasteiger partial charge on any atom is -0.444 e. The van der Waals surface area contributed by atoms with Gasteiger partial charge in [0.1, 0.15) is 6.10 Å². The Bertz CT molecular complexity index is 731. The standard InChI is InChI=1S/C20H22N2O2/c1-15-19(14-21-12-11-17-9-5-6-10-18(17)21)22(20(23)24-15)13-16-7-3-2-4-8-16/h2-10,15,19H,11-14H2,1H3. The van der Waals surface area contributed by atoms with E-state index < -0.39 is 0 Å². The minimum absolute atomic E-state index is 0.0730. The van der Waals surface area contributed by atoms with Gasteiger partial charge in [-0.05, 0) is 30.5 Å². The van der Waals surface area contributed by atoms with E-state index in [1.807, 2.05) is 30.0 Å². The van der Waals surface area contributed by atoms with Crippen LogP contribution < -0.4 is 4.90 Å². The lowest BCUT2D eigenvalue weighted by Gasteiger charge is -2.29. The van der Waals surface area contributed by atoms with Crippen LogP contribution in [0.4, 0.5) is 10.5 Å². The van der Waals surface area contributed by atoms with E-state index in [1.165, 1.54) is 11.3 Å². The van der Waals surface area contributed by atoms with Crippen LogP contribution >= 0.6 is 0 Å². The molecule has 24 heavy (non-hydrogen) atoms. The lowest BCUT2D eigenvalue weighted by Crippen LogP contribution is -2.44. The highest BCUT2D eigenvalue weighted by Gasteiger charge is 2.40. The molecule has 4 nitrogen and oxygen atoms in total. The van der Waals surface area contributed by atoms with Crippen molar-refractivity contribution < 1.29 is 9.53 Å². The predicted octanol–water partition coefficient (Wildman–Crippen LogP) is 3.46. The van der Waals surface area contributed by atoms with Gasteiger partial charge in [0.05, 0.1) is 6.04 Å². The summed E-state index contributed by atoms with van der Waals surface area (Å²) in [7, 11) is 0. The summed E-state index contributed by atoms with van der Waals surface area (Å²) in [6.45, 7) is 4.42. The van der Waals surface area contributed by atoms with E-state index in [-0.39, 0.29) is 18.2 Å². The largest absolute Gasteiger partial charge is 0.444 e. The first kappa shape index (κ1) is 15.1. The molecular weight excluding hydrogens is 300 g/mol. The van der Waals surface area contributed by atoms with E-state index in [2.05, 4.69) is 41.3 Å². The fourth-order valence-corrected chi connectivity index (χ4v) is 3.73. The molecule has 124 valence electrons. The molecule has 2 aromatic carbocycles. The molecule has 2 aliphatic heterocycles. The van der Waals surface area contributed by atoms with E-state index in [9.17, 15) is 4.79 Å². The fraction of sp³-hybridized carbons (Fsp3) is 0.350. The number of benzene rings is 2. The van der Waals surface area contributed by atoms with Crippen LogP contribution in [0, 0.1) is 0 Å². The number of rotatable bonds is 4. The second-order valence-corrected chi connectivity index (χ2v) is 6.59. The van der Waals surface area contributed by atoms with E-state index in [0.717, 1.165) is 25.1 Å². The maximum atomic E-state index is 12.3. The number of cyclic esters (lactones) is 1. The van der Waals surface area contributed by atoms with Crippen molar-refractivity contribution in [2.75, 3.05) is 18.0 Å². The third kappa shape index (κ3) is 2.73. The van der Waals surface area contributed by atoms with Gasteiger partial charge in [-0.1, -0.05) is 48.5 Å². The number of hydrogen-bond acceptors (Lipinski definition) is 3. The Hall–Kier alpha value is -2.49. The Labute approximate surface area is 142 Å². The van der Waals surface area contributed by atoms with Crippen LogP contribution in [0.3, 0.4) is 0 Å². The lowest BCUT2D eigenvalue weighted by molar-refractivity contribution is 0.136. The van der Waals surface area contributed by atoms with Crippen LogP contribution in [0.15, 0.2) is 54.6 Å². The Balaban J connectivity index is 1.53. The number of nitrogens with zero attached hydrogens (tertiary/aromatic N) is 2. The number of carbonyl (C=O) groups is 1. The first-order valence-electron chi connectivity index (χ1n) is 8.56. The second kappa shape index (κ2) is 6.19. The lowest BCUT2D eigenvalue weighted by atomic mass is 10.1. The van der Waals surface area contributed by atoms with E-state index in [0.29, 0.717) is 6.54 Å². The van der Waals surface area contributed by atoms with Crippen LogP contribution in [-0.4, -0.2) is 36.2 Å². The first-order valence-corrected chi connectivity index (χ1v) is 8.56. The summed E-state index contributed by atoms with van der Waals surface area (Å²) in [4.78, 5) is 16.6. The van der Waals surface area contributed by atoms with Crippen molar-refractivity contribution in [3.63, 3.8) is 0 Å². The van der Waals surface area contributed by atoms with E-state index in [1.54, 1.807) is 0 Å². The number of para-hydroxylation sites is 1. The molecule has 0 radical (unpaired) electrons. The van der Waals surface area contributed by atoms with Gasteiger partial charge in [0.25, 0.3) is 0 Å². The Kier molecular flexibility index (Phi) is 3.89. The summed E-state index contributed by atoms with van der Waals surface area (Å²) in [6, 6.07) is 18.7. The maximum absolute atomic E-state index is 12.3. The number of anilines is 1. The quantitative estimate of drug-likeness (QED) is 0.864. The summed E-state index contributed by atoms with van der Waals surface area (Å²) in [6.07, 6.45) is 0.780. The smallest absolute Gasteiger partial charge is 0.410 e. The molecule has 0 N–H and O–H groups in total. The average molecular weight is 322 g/mol. The van der Waals surface area contributed by atoms with Gasteiger partial charge in [-0.2, -0.15) is 0 Å². The number of fused-ring (bicyclic) bond motifs is 1. The summed E-state index contributed by atoms with van der Waals surface area (Å²) in [5, 5.41) is 0. The molecule has 0 saturated carbocycles. The van der Waals surface area contributed by atoms with Crippen LogP contribution in [0.25, 0.3) is 0 Å². The molecule has 0 aliphatic carbocycles. The molecule has 1 amide bonds. The molecule has 0 spiro atoms. The van der Waals surface area contributed by atoms with Gasteiger partial charge in [0.15, 0.2) is 0 Å². The molecule has 4 rings (SSSR count). The number of amides is 1. The van der Waals surface area contributed by atoms with Crippen molar-refractivity contribution in [1.82, 2.24) is 4.90 Å². The van der Waals surface area contributed by atoms with Gasteiger partial charge in [0.2, 0.25) is 0 Å². The summed E-state index contributed by atoms with van der Waals surface area (Å²) in [5.74, 6) is 0. The highest BCUT2D eigenvalue weighted by atomic mass is 16.6. The Morgan fingerprint density at radius 2 is 1.83 bits per heavy atom. The van der Waals surface area contributed by atoms with Crippen LogP contribution in [-0.2, 0) is 17.7 Å². The van der Waals surface area contributed by atoms with Gasteiger partial charge in [-0.25, -0.2) is 4.79 Å². The molecule has 0 aromatic heterocycles. The minimum atomic E-state index is -0.205. The maximum Gasteiger partial charge on any atom is 0.410 e. The van der Waals surface area contributed by atoms with Gasteiger partial charge < -0.3 is 9.64 Å². The molecule has 4 heteroatoms. The normalized spacial score (nSPS) is 22.6. The molecule has 2 aromatic rings. The van der Waals surface area contributed by atoms with Crippen molar-refractivity contribution in [2.45, 2.75) is 32.0 Å². The van der Waals surface area contributed by atoms with E-state index >= 15 is 0 Å². The van der Waals surface area contributed by atoms with Gasteiger partial charge in [0, 0.05) is 25.3 Å². The monoisotopic (exact) mass is 322 g/mol. The van der Waals surface area contributed by atoms with Crippen LogP contribution in [0.5, 0.6) is 0 Å². The topological polar surface area (TPSA) is 32.8 Å². The highest BCUT2D eigenvalue weighted by molar-refractivity contribution is 5.71. The second-order valence-electron chi connectivity index (χ2n) is 6.59. The molecule has 1 fully saturated rings. The zero-order valence-electron chi connectivity index (χ0n) is 13.9. The number of hydrogen-bond donors (Lipinski definition) is 0. The highest BCUT2D eigenvalue weighted by Crippen LogP contribution is 2.30.